The molecule has 2 rings (SSSR count). The molecule has 6 heteroatoms. The van der Waals surface area contributed by atoms with Gasteiger partial charge in [0.05, 0.1) is 12.2 Å². The molecule has 1 aliphatic rings. The van der Waals surface area contributed by atoms with Gasteiger partial charge in [0.2, 0.25) is 0 Å². The zero-order chi connectivity index (χ0) is 12.3. The summed E-state index contributed by atoms with van der Waals surface area (Å²) in [5.74, 6) is 0.242. The van der Waals surface area contributed by atoms with E-state index in [1.807, 2.05) is 0 Å². The van der Waals surface area contributed by atoms with Crippen molar-refractivity contribution in [2.24, 2.45) is 0 Å². The highest BCUT2D eigenvalue weighted by Crippen LogP contribution is 2.22. The highest BCUT2D eigenvalue weighted by molar-refractivity contribution is 4.91. The van der Waals surface area contributed by atoms with E-state index in [1.54, 1.807) is 0 Å². The smallest absolute Gasteiger partial charge is 0.320 e. The zero-order valence-corrected chi connectivity index (χ0v) is 9.43. The molecule has 1 N–H and O–H groups in total. The second-order valence-corrected chi connectivity index (χ2v) is 4.27. The molecule has 0 radical (unpaired) electrons. The number of alkyl halides is 2. The molecule has 1 aromatic heterocycles. The Bertz CT molecular complexity index is 349. The molecule has 1 saturated carbocycles. The second kappa shape index (κ2) is 5.55. The highest BCUT2D eigenvalue weighted by Gasteiger charge is 2.20. The van der Waals surface area contributed by atoms with Crippen molar-refractivity contribution in [1.29, 1.82) is 0 Å². The molecule has 96 valence electrons. The van der Waals surface area contributed by atoms with Gasteiger partial charge in [-0.05, 0) is 25.7 Å². The van der Waals surface area contributed by atoms with Gasteiger partial charge in [-0.2, -0.15) is 8.78 Å². The first kappa shape index (κ1) is 12.4. The predicted octanol–water partition coefficient (Wildman–Crippen LogP) is 2.10. The highest BCUT2D eigenvalue weighted by atomic mass is 19.3. The number of nitrogens with zero attached hydrogens (tertiary/aromatic N) is 2. The average molecular weight is 246 g/mol. The lowest BCUT2D eigenvalue weighted by Crippen LogP contribution is -2.24. The van der Waals surface area contributed by atoms with Crippen LogP contribution < -0.4 is 0 Å². The molecular formula is C11H16F2N2O2. The number of rotatable bonds is 4. The minimum atomic E-state index is -2.58. The number of hydrogen-bond donors (Lipinski definition) is 1. The Balaban J connectivity index is 1.83. The molecule has 1 aromatic rings. The van der Waals surface area contributed by atoms with Crippen molar-refractivity contribution in [2.75, 3.05) is 0 Å². The van der Waals surface area contributed by atoms with Gasteiger partial charge in [0, 0.05) is 12.4 Å². The van der Waals surface area contributed by atoms with Crippen LogP contribution in [-0.2, 0) is 11.3 Å². The molecular weight excluding hydrogens is 230 g/mol. The molecule has 4 nitrogen and oxygen atoms in total. The molecule has 0 aliphatic heterocycles. The van der Waals surface area contributed by atoms with E-state index in [0.29, 0.717) is 12.8 Å². The van der Waals surface area contributed by atoms with Crippen LogP contribution in [0.1, 0.15) is 38.1 Å². The number of imidazole rings is 1. The normalized spacial score (nSPS) is 25.4. The minimum Gasteiger partial charge on any atom is -0.393 e. The first-order valence-corrected chi connectivity index (χ1v) is 5.76. The maximum absolute atomic E-state index is 12.5. The van der Waals surface area contributed by atoms with Crippen LogP contribution >= 0.6 is 0 Å². The number of halogens is 2. The van der Waals surface area contributed by atoms with Gasteiger partial charge in [-0.25, -0.2) is 4.98 Å². The van der Waals surface area contributed by atoms with Crippen molar-refractivity contribution < 1.29 is 18.6 Å². The van der Waals surface area contributed by atoms with E-state index in [2.05, 4.69) is 4.98 Å². The maximum Gasteiger partial charge on any atom is 0.320 e. The third kappa shape index (κ3) is 3.23. The summed E-state index contributed by atoms with van der Waals surface area (Å²) in [6.45, 7) is -2.48. The molecule has 0 atom stereocenters. The predicted molar refractivity (Wildman–Crippen MR) is 56.5 cm³/mol. The number of ether oxygens (including phenoxy) is 1. The SMILES string of the molecule is OC1CCC(OCc2nccn2C(F)F)CC1. The van der Waals surface area contributed by atoms with Crippen molar-refractivity contribution in [2.45, 2.75) is 51.0 Å². The van der Waals surface area contributed by atoms with E-state index in [9.17, 15) is 13.9 Å². The Morgan fingerprint density at radius 1 is 1.41 bits per heavy atom. The first-order chi connectivity index (χ1) is 8.16. The van der Waals surface area contributed by atoms with Crippen molar-refractivity contribution in [1.82, 2.24) is 9.55 Å². The third-order valence-corrected chi connectivity index (χ3v) is 3.05. The molecule has 0 bridgehead atoms. The molecule has 1 heterocycles. The largest absolute Gasteiger partial charge is 0.393 e. The van der Waals surface area contributed by atoms with Crippen LogP contribution in [-0.4, -0.2) is 26.9 Å². The van der Waals surface area contributed by atoms with Crippen LogP contribution in [0.5, 0.6) is 0 Å². The van der Waals surface area contributed by atoms with Gasteiger partial charge in [-0.3, -0.25) is 4.57 Å². The number of hydrogen-bond acceptors (Lipinski definition) is 3. The van der Waals surface area contributed by atoms with Gasteiger partial charge in [0.25, 0.3) is 0 Å². The van der Waals surface area contributed by atoms with Gasteiger partial charge < -0.3 is 9.84 Å². The van der Waals surface area contributed by atoms with Crippen molar-refractivity contribution >= 4 is 0 Å². The topological polar surface area (TPSA) is 47.3 Å². The summed E-state index contributed by atoms with van der Waals surface area (Å²) < 4.78 is 31.4. The molecule has 0 unspecified atom stereocenters. The third-order valence-electron chi connectivity index (χ3n) is 3.05. The summed E-state index contributed by atoms with van der Waals surface area (Å²) >= 11 is 0. The average Bonchev–Trinajstić information content (AvgIpc) is 2.76. The van der Waals surface area contributed by atoms with Crippen molar-refractivity contribution in [3.63, 3.8) is 0 Å². The van der Waals surface area contributed by atoms with E-state index in [4.69, 9.17) is 4.74 Å². The summed E-state index contributed by atoms with van der Waals surface area (Å²) in [5.41, 5.74) is 0. The Labute approximate surface area is 98.2 Å². The molecule has 0 saturated heterocycles. The maximum atomic E-state index is 12.5. The molecule has 0 aromatic carbocycles. The molecule has 1 aliphatic carbocycles. The fourth-order valence-electron chi connectivity index (χ4n) is 2.04. The van der Waals surface area contributed by atoms with E-state index < -0.39 is 6.55 Å². The quantitative estimate of drug-likeness (QED) is 0.885. The van der Waals surface area contributed by atoms with Crippen molar-refractivity contribution in [3.8, 4) is 0 Å². The van der Waals surface area contributed by atoms with Crippen LogP contribution in [0.15, 0.2) is 12.4 Å². The monoisotopic (exact) mass is 246 g/mol. The Hall–Kier alpha value is -1.01. The van der Waals surface area contributed by atoms with Gasteiger partial charge in [-0.15, -0.1) is 0 Å². The van der Waals surface area contributed by atoms with Crippen LogP contribution in [0.4, 0.5) is 8.78 Å². The summed E-state index contributed by atoms with van der Waals surface area (Å²) in [6.07, 6.45) is 5.37. The number of aliphatic hydroxyl groups excluding tert-OH is 1. The van der Waals surface area contributed by atoms with Gasteiger partial charge >= 0.3 is 6.55 Å². The van der Waals surface area contributed by atoms with Gasteiger partial charge in [0.15, 0.2) is 0 Å². The number of aromatic nitrogens is 2. The Kier molecular flexibility index (Phi) is 4.06. The Morgan fingerprint density at radius 3 is 2.76 bits per heavy atom. The van der Waals surface area contributed by atoms with Crippen molar-refractivity contribution in [3.05, 3.63) is 18.2 Å². The fourth-order valence-corrected chi connectivity index (χ4v) is 2.04. The zero-order valence-electron chi connectivity index (χ0n) is 9.43. The summed E-state index contributed by atoms with van der Waals surface area (Å²) in [4.78, 5) is 3.85. The lowest BCUT2D eigenvalue weighted by atomic mass is 9.95. The van der Waals surface area contributed by atoms with E-state index in [1.165, 1.54) is 12.4 Å². The summed E-state index contributed by atoms with van der Waals surface area (Å²) in [7, 11) is 0. The lowest BCUT2D eigenvalue weighted by molar-refractivity contribution is -0.0200. The van der Waals surface area contributed by atoms with Crippen LogP contribution in [0, 0.1) is 0 Å². The first-order valence-electron chi connectivity index (χ1n) is 5.76. The van der Waals surface area contributed by atoms with Crippen LogP contribution in [0.3, 0.4) is 0 Å². The van der Waals surface area contributed by atoms with E-state index >= 15 is 0 Å². The van der Waals surface area contributed by atoms with Crippen LogP contribution in [0.2, 0.25) is 0 Å². The molecule has 0 amide bonds. The minimum absolute atomic E-state index is 0.0428. The molecule has 0 spiro atoms. The lowest BCUT2D eigenvalue weighted by Gasteiger charge is -2.25. The Morgan fingerprint density at radius 2 is 2.12 bits per heavy atom. The summed E-state index contributed by atoms with van der Waals surface area (Å²) in [6, 6.07) is 0. The molecule has 17 heavy (non-hydrogen) atoms. The molecule has 1 fully saturated rings. The number of aliphatic hydroxyl groups is 1. The van der Waals surface area contributed by atoms with E-state index in [-0.39, 0.29) is 24.6 Å². The van der Waals surface area contributed by atoms with E-state index in [0.717, 1.165) is 17.4 Å². The summed E-state index contributed by atoms with van der Waals surface area (Å²) in [5, 5.41) is 9.32. The van der Waals surface area contributed by atoms with Gasteiger partial charge in [-0.1, -0.05) is 0 Å². The standard InChI is InChI=1S/C11H16F2N2O2/c12-11(13)15-6-5-14-10(15)7-17-9-3-1-8(16)2-4-9/h5-6,8-9,11,16H,1-4,7H2. The van der Waals surface area contributed by atoms with Gasteiger partial charge in [0.1, 0.15) is 12.4 Å². The fraction of sp³-hybridized carbons (Fsp3) is 0.727. The van der Waals surface area contributed by atoms with Crippen LogP contribution in [0.25, 0.3) is 0 Å². The second-order valence-electron chi connectivity index (χ2n) is 4.27.